The lowest BCUT2D eigenvalue weighted by molar-refractivity contribution is -0.890. The van der Waals surface area contributed by atoms with Gasteiger partial charge in [-0.1, -0.05) is 12.1 Å². The van der Waals surface area contributed by atoms with E-state index < -0.39 is 11.7 Å². The van der Waals surface area contributed by atoms with E-state index in [-0.39, 0.29) is 17.5 Å². The lowest BCUT2D eigenvalue weighted by Crippen LogP contribution is -3.07. The van der Waals surface area contributed by atoms with Crippen molar-refractivity contribution in [3.63, 3.8) is 0 Å². The number of alkyl halides is 3. The summed E-state index contributed by atoms with van der Waals surface area (Å²) < 4.78 is 37.9. The first-order chi connectivity index (χ1) is 12.6. The van der Waals surface area contributed by atoms with Crippen molar-refractivity contribution in [2.45, 2.75) is 12.2 Å². The van der Waals surface area contributed by atoms with Gasteiger partial charge in [0.2, 0.25) is 0 Å². The Hall–Kier alpha value is -2.54. The van der Waals surface area contributed by atoms with Gasteiger partial charge in [0.1, 0.15) is 6.04 Å². The Morgan fingerprint density at radius 1 is 1.04 bits per heavy atom. The number of carbonyl (C=O) groups excluding carboxylic acids is 1. The average molecular weight is 380 g/mol. The van der Waals surface area contributed by atoms with E-state index in [9.17, 15) is 18.0 Å². The van der Waals surface area contributed by atoms with Crippen LogP contribution in [0.3, 0.4) is 0 Å². The quantitative estimate of drug-likeness (QED) is 0.808. The summed E-state index contributed by atoms with van der Waals surface area (Å²) in [6, 6.07) is 12.3. The second-order valence-corrected chi connectivity index (χ2v) is 6.90. The highest BCUT2D eigenvalue weighted by atomic mass is 19.4. The number of anilines is 1. The number of quaternary nitrogens is 1. The van der Waals surface area contributed by atoms with Gasteiger partial charge in [0.25, 0.3) is 5.91 Å². The molecule has 7 heteroatoms. The van der Waals surface area contributed by atoms with E-state index in [1.807, 2.05) is 57.4 Å². The maximum absolute atomic E-state index is 12.6. The number of rotatable bonds is 6. The van der Waals surface area contributed by atoms with Gasteiger partial charge in [-0.25, -0.2) is 0 Å². The number of halogens is 3. The smallest absolute Gasteiger partial charge is 0.378 e. The van der Waals surface area contributed by atoms with Gasteiger partial charge in [-0.05, 0) is 36.4 Å². The summed E-state index contributed by atoms with van der Waals surface area (Å²) >= 11 is 0. The largest absolute Gasteiger partial charge is 0.416 e. The first-order valence-electron chi connectivity index (χ1n) is 8.62. The topological polar surface area (TPSA) is 36.8 Å². The molecule has 27 heavy (non-hydrogen) atoms. The number of nitrogens with one attached hydrogen (secondary N) is 2. The fraction of sp³-hybridized carbons (Fsp3) is 0.350. The van der Waals surface area contributed by atoms with Crippen LogP contribution < -0.4 is 15.1 Å². The number of hydrogen-bond donors (Lipinski definition) is 2. The maximum Gasteiger partial charge on any atom is 0.416 e. The van der Waals surface area contributed by atoms with Crippen LogP contribution in [0.4, 0.5) is 18.9 Å². The number of carbonyl (C=O) groups is 1. The van der Waals surface area contributed by atoms with Gasteiger partial charge in [-0.2, -0.15) is 13.2 Å². The zero-order valence-electron chi connectivity index (χ0n) is 15.9. The van der Waals surface area contributed by atoms with Crippen molar-refractivity contribution < 1.29 is 22.9 Å². The molecule has 0 spiro atoms. The fourth-order valence-electron chi connectivity index (χ4n) is 2.77. The first kappa shape index (κ1) is 20.8. The molecule has 4 nitrogen and oxygen atoms in total. The van der Waals surface area contributed by atoms with Crippen molar-refractivity contribution in [2.24, 2.45) is 0 Å². The van der Waals surface area contributed by atoms with Gasteiger partial charge >= 0.3 is 6.18 Å². The van der Waals surface area contributed by atoms with Gasteiger partial charge in [0, 0.05) is 30.9 Å². The predicted octanol–water partition coefficient (Wildman–Crippen LogP) is 2.39. The number of likely N-dealkylation sites (N-methyl/N-ethyl adjacent to an activating group) is 1. The van der Waals surface area contributed by atoms with Crippen LogP contribution in [0.1, 0.15) is 27.5 Å². The van der Waals surface area contributed by atoms with Crippen LogP contribution in [-0.4, -0.2) is 40.6 Å². The Morgan fingerprint density at radius 3 is 2.04 bits per heavy atom. The van der Waals surface area contributed by atoms with E-state index in [0.717, 1.165) is 28.3 Å². The zero-order chi connectivity index (χ0) is 20.2. The molecule has 1 atom stereocenters. The molecular formula is C20H25F3N3O+. The summed E-state index contributed by atoms with van der Waals surface area (Å²) in [5.74, 6) is -0.389. The van der Waals surface area contributed by atoms with Crippen LogP contribution in [0, 0.1) is 0 Å². The molecule has 0 fully saturated rings. The van der Waals surface area contributed by atoms with Crippen LogP contribution in [0.15, 0.2) is 48.5 Å². The Labute approximate surface area is 157 Å². The van der Waals surface area contributed by atoms with Gasteiger partial charge in [-0.15, -0.1) is 0 Å². The Morgan fingerprint density at radius 2 is 1.59 bits per heavy atom. The number of hydrogen-bond acceptors (Lipinski definition) is 2. The molecule has 0 aromatic heterocycles. The molecule has 0 aliphatic heterocycles. The highest BCUT2D eigenvalue weighted by molar-refractivity contribution is 5.94. The minimum absolute atomic E-state index is 0.0274. The Balaban J connectivity index is 2.06. The summed E-state index contributed by atoms with van der Waals surface area (Å²) in [5, 5.41) is 2.82. The van der Waals surface area contributed by atoms with Crippen LogP contribution in [0.5, 0.6) is 0 Å². The minimum Gasteiger partial charge on any atom is -0.378 e. The van der Waals surface area contributed by atoms with E-state index in [2.05, 4.69) is 5.32 Å². The van der Waals surface area contributed by atoms with Crippen molar-refractivity contribution in [3.8, 4) is 0 Å². The van der Waals surface area contributed by atoms with Crippen LogP contribution in [0.2, 0.25) is 0 Å². The third-order valence-electron chi connectivity index (χ3n) is 4.45. The molecule has 0 saturated carbocycles. The van der Waals surface area contributed by atoms with Gasteiger partial charge in [0.05, 0.1) is 26.2 Å². The van der Waals surface area contributed by atoms with Crippen molar-refractivity contribution in [1.82, 2.24) is 5.32 Å². The van der Waals surface area contributed by atoms with Crippen LogP contribution >= 0.6 is 0 Å². The third kappa shape index (κ3) is 5.47. The van der Waals surface area contributed by atoms with E-state index in [1.165, 1.54) is 12.1 Å². The zero-order valence-corrected chi connectivity index (χ0v) is 15.9. The standard InChI is InChI=1S/C20H24F3N3O/c1-25(2)17-11-7-14(8-12-17)18(26(3)4)13-24-19(27)15-5-9-16(10-6-15)20(21,22)23/h5-12,18H,13H2,1-4H3,(H,24,27)/p+1/t18-/m0/s1. The third-order valence-corrected chi connectivity index (χ3v) is 4.45. The van der Waals surface area contributed by atoms with E-state index >= 15 is 0 Å². The molecule has 146 valence electrons. The number of amides is 1. The summed E-state index contributed by atoms with van der Waals surface area (Å²) in [7, 11) is 7.92. The molecule has 0 aliphatic rings. The van der Waals surface area contributed by atoms with Gasteiger partial charge in [-0.3, -0.25) is 4.79 Å². The monoisotopic (exact) mass is 380 g/mol. The molecule has 0 unspecified atom stereocenters. The molecule has 1 amide bonds. The molecule has 2 aromatic carbocycles. The molecule has 0 aliphatic carbocycles. The van der Waals surface area contributed by atoms with Crippen LogP contribution in [0.25, 0.3) is 0 Å². The summed E-state index contributed by atoms with van der Waals surface area (Å²) in [6.07, 6.45) is -4.41. The second kappa shape index (κ2) is 8.43. The summed E-state index contributed by atoms with van der Waals surface area (Å²) in [4.78, 5) is 15.4. The lowest BCUT2D eigenvalue weighted by Gasteiger charge is -2.23. The molecule has 0 radical (unpaired) electrons. The van der Waals surface area contributed by atoms with Gasteiger partial charge < -0.3 is 15.1 Å². The first-order valence-corrected chi connectivity index (χ1v) is 8.62. The molecule has 2 aromatic rings. The second-order valence-electron chi connectivity index (χ2n) is 6.90. The normalized spacial score (nSPS) is 12.7. The SMILES string of the molecule is CN(C)c1ccc([C@H](CNC(=O)c2ccc(C(F)(F)F)cc2)[NH+](C)C)cc1. The van der Waals surface area contributed by atoms with E-state index in [1.54, 1.807) is 0 Å². The molecule has 0 heterocycles. The summed E-state index contributed by atoms with van der Waals surface area (Å²) in [5.41, 5.74) is 1.60. The van der Waals surface area contributed by atoms with Crippen LogP contribution in [-0.2, 0) is 6.18 Å². The van der Waals surface area contributed by atoms with Crippen molar-refractivity contribution >= 4 is 11.6 Å². The average Bonchev–Trinajstić information content (AvgIpc) is 2.61. The highest BCUT2D eigenvalue weighted by Gasteiger charge is 2.30. The lowest BCUT2D eigenvalue weighted by atomic mass is 10.0. The van der Waals surface area contributed by atoms with Crippen molar-refractivity contribution in [3.05, 3.63) is 65.2 Å². The van der Waals surface area contributed by atoms with Crippen molar-refractivity contribution in [2.75, 3.05) is 39.6 Å². The van der Waals surface area contributed by atoms with Gasteiger partial charge in [0.15, 0.2) is 0 Å². The molecule has 2 N–H and O–H groups in total. The Kier molecular flexibility index (Phi) is 6.49. The molecule has 2 rings (SSSR count). The van der Waals surface area contributed by atoms with Crippen molar-refractivity contribution in [1.29, 1.82) is 0 Å². The maximum atomic E-state index is 12.6. The highest BCUT2D eigenvalue weighted by Crippen LogP contribution is 2.29. The van der Waals surface area contributed by atoms with E-state index in [0.29, 0.717) is 6.54 Å². The molecule has 0 bridgehead atoms. The number of benzene rings is 2. The van der Waals surface area contributed by atoms with E-state index in [4.69, 9.17) is 0 Å². The fourth-order valence-corrected chi connectivity index (χ4v) is 2.77. The Bertz CT molecular complexity index is 754. The predicted molar refractivity (Wildman–Crippen MR) is 100 cm³/mol. The number of nitrogens with zero attached hydrogens (tertiary/aromatic N) is 1. The summed E-state index contributed by atoms with van der Waals surface area (Å²) in [6.45, 7) is 0.378. The molecule has 0 saturated heterocycles. The molecular weight excluding hydrogens is 355 g/mol. The minimum atomic E-state index is -4.41.